The summed E-state index contributed by atoms with van der Waals surface area (Å²) in [5, 5.41) is 0. The van der Waals surface area contributed by atoms with E-state index in [0.29, 0.717) is 6.54 Å². The fraction of sp³-hybridized carbons (Fsp3) is 0.467. The summed E-state index contributed by atoms with van der Waals surface area (Å²) in [4.78, 5) is 25.4. The van der Waals surface area contributed by atoms with E-state index in [1.807, 2.05) is 24.3 Å². The molecule has 0 spiro atoms. The number of hydrogen-bond acceptors (Lipinski definition) is 3. The summed E-state index contributed by atoms with van der Waals surface area (Å²) in [6, 6.07) is 7.53. The summed E-state index contributed by atoms with van der Waals surface area (Å²) in [5.74, 6) is -0.770. The molecule has 1 fully saturated rings. The highest BCUT2D eigenvalue weighted by Gasteiger charge is 2.33. The molecule has 0 aliphatic heterocycles. The highest BCUT2D eigenvalue weighted by Crippen LogP contribution is 2.26. The van der Waals surface area contributed by atoms with E-state index < -0.39 is 5.91 Å². The van der Waals surface area contributed by atoms with E-state index in [2.05, 4.69) is 15.9 Å². The number of benzene rings is 1. The van der Waals surface area contributed by atoms with Crippen molar-refractivity contribution in [2.45, 2.75) is 31.8 Å². The minimum absolute atomic E-state index is 0.0679. The Kier molecular flexibility index (Phi) is 5.36. The second-order valence-electron chi connectivity index (χ2n) is 5.49. The number of hydrogen-bond donors (Lipinski definition) is 2. The van der Waals surface area contributed by atoms with Crippen LogP contribution in [0.5, 0.6) is 0 Å². The number of nitrogens with two attached hydrogens (primary N) is 2. The minimum Gasteiger partial charge on any atom is -0.368 e. The highest BCUT2D eigenvalue weighted by molar-refractivity contribution is 9.10. The average Bonchev–Trinajstić information content (AvgIpc) is 2.85. The first-order chi connectivity index (χ1) is 9.97. The number of rotatable bonds is 5. The minimum atomic E-state index is -0.507. The van der Waals surface area contributed by atoms with Crippen molar-refractivity contribution in [3.63, 3.8) is 0 Å². The zero-order valence-corrected chi connectivity index (χ0v) is 13.4. The Balaban J connectivity index is 2.11. The predicted molar refractivity (Wildman–Crippen MR) is 84.1 cm³/mol. The van der Waals surface area contributed by atoms with Gasteiger partial charge in [-0.2, -0.15) is 0 Å². The Bertz CT molecular complexity index is 518. The summed E-state index contributed by atoms with van der Waals surface area (Å²) in [7, 11) is 0. The molecule has 1 aliphatic rings. The normalized spacial score (nSPS) is 21.2. The number of carbonyl (C=O) groups excluding carboxylic acids is 2. The summed E-state index contributed by atoms with van der Waals surface area (Å²) in [6.45, 7) is 0.302. The molecule has 2 unspecified atom stereocenters. The molecule has 0 saturated heterocycles. The van der Waals surface area contributed by atoms with Gasteiger partial charge in [-0.25, -0.2) is 0 Å². The number of carbonyl (C=O) groups is 2. The Morgan fingerprint density at radius 2 is 1.90 bits per heavy atom. The molecule has 1 aliphatic carbocycles. The summed E-state index contributed by atoms with van der Waals surface area (Å²) < 4.78 is 0.969. The quantitative estimate of drug-likeness (QED) is 0.837. The molecule has 4 N–H and O–H groups in total. The monoisotopic (exact) mass is 353 g/mol. The molecule has 5 nitrogen and oxygen atoms in total. The average molecular weight is 354 g/mol. The van der Waals surface area contributed by atoms with Gasteiger partial charge in [0.2, 0.25) is 11.8 Å². The van der Waals surface area contributed by atoms with Crippen molar-refractivity contribution in [1.29, 1.82) is 0 Å². The Morgan fingerprint density at radius 3 is 2.43 bits per heavy atom. The van der Waals surface area contributed by atoms with Crippen molar-refractivity contribution in [2.24, 2.45) is 17.4 Å². The largest absolute Gasteiger partial charge is 0.368 e. The van der Waals surface area contributed by atoms with Crippen LogP contribution < -0.4 is 11.5 Å². The van der Waals surface area contributed by atoms with Crippen LogP contribution in [-0.2, 0) is 16.1 Å². The van der Waals surface area contributed by atoms with E-state index in [1.165, 1.54) is 4.90 Å². The van der Waals surface area contributed by atoms with Crippen molar-refractivity contribution < 1.29 is 9.59 Å². The van der Waals surface area contributed by atoms with Crippen molar-refractivity contribution in [1.82, 2.24) is 4.90 Å². The molecule has 1 saturated carbocycles. The lowest BCUT2D eigenvalue weighted by Crippen LogP contribution is -2.44. The summed E-state index contributed by atoms with van der Waals surface area (Å²) >= 11 is 3.37. The van der Waals surface area contributed by atoms with E-state index >= 15 is 0 Å². The first-order valence-electron chi connectivity index (χ1n) is 7.04. The van der Waals surface area contributed by atoms with Gasteiger partial charge in [-0.05, 0) is 30.5 Å². The van der Waals surface area contributed by atoms with Crippen LogP contribution in [0.4, 0.5) is 0 Å². The second kappa shape index (κ2) is 7.04. The van der Waals surface area contributed by atoms with Gasteiger partial charge < -0.3 is 16.4 Å². The maximum Gasteiger partial charge on any atom is 0.237 e. The SMILES string of the molecule is NC(=O)CN(Cc1ccc(Br)cc1)C(=O)C1CCCC1N. The van der Waals surface area contributed by atoms with E-state index in [0.717, 1.165) is 29.3 Å². The van der Waals surface area contributed by atoms with Gasteiger partial charge in [0.25, 0.3) is 0 Å². The third-order valence-electron chi connectivity index (χ3n) is 3.83. The summed E-state index contributed by atoms with van der Waals surface area (Å²) in [5.41, 5.74) is 12.2. The molecule has 1 aromatic carbocycles. The van der Waals surface area contributed by atoms with E-state index in [4.69, 9.17) is 11.5 Å². The fourth-order valence-electron chi connectivity index (χ4n) is 2.74. The zero-order valence-electron chi connectivity index (χ0n) is 11.8. The van der Waals surface area contributed by atoms with Crippen LogP contribution >= 0.6 is 15.9 Å². The maximum atomic E-state index is 12.6. The van der Waals surface area contributed by atoms with Gasteiger partial charge in [0.15, 0.2) is 0 Å². The molecule has 2 amide bonds. The molecule has 6 heteroatoms. The number of primary amides is 1. The van der Waals surface area contributed by atoms with Crippen molar-refractivity contribution >= 4 is 27.7 Å². The topological polar surface area (TPSA) is 89.4 Å². The van der Waals surface area contributed by atoms with Gasteiger partial charge in [-0.1, -0.05) is 34.5 Å². The molecule has 2 rings (SSSR count). The molecule has 114 valence electrons. The lowest BCUT2D eigenvalue weighted by molar-refractivity contribution is -0.139. The molecule has 1 aromatic rings. The molecule has 2 atom stereocenters. The van der Waals surface area contributed by atoms with Crippen molar-refractivity contribution in [3.05, 3.63) is 34.3 Å². The van der Waals surface area contributed by atoms with Crippen LogP contribution in [0.25, 0.3) is 0 Å². The van der Waals surface area contributed by atoms with Crippen LogP contribution in [0.3, 0.4) is 0 Å². The predicted octanol–water partition coefficient (Wildman–Crippen LogP) is 1.39. The molecular weight excluding hydrogens is 334 g/mol. The number of nitrogens with zero attached hydrogens (tertiary/aromatic N) is 1. The lowest BCUT2D eigenvalue weighted by atomic mass is 10.0. The number of amides is 2. The first-order valence-corrected chi connectivity index (χ1v) is 7.84. The Labute approximate surface area is 132 Å². The van der Waals surface area contributed by atoms with Gasteiger partial charge in [-0.3, -0.25) is 9.59 Å². The fourth-order valence-corrected chi connectivity index (χ4v) is 3.00. The van der Waals surface area contributed by atoms with E-state index in [1.54, 1.807) is 0 Å². The highest BCUT2D eigenvalue weighted by atomic mass is 79.9. The van der Waals surface area contributed by atoms with Gasteiger partial charge in [0.1, 0.15) is 0 Å². The summed E-state index contributed by atoms with van der Waals surface area (Å²) in [6.07, 6.45) is 2.61. The number of halogens is 1. The van der Waals surface area contributed by atoms with E-state index in [9.17, 15) is 9.59 Å². The van der Waals surface area contributed by atoms with Crippen LogP contribution in [0.1, 0.15) is 24.8 Å². The van der Waals surface area contributed by atoms with Gasteiger partial charge in [0, 0.05) is 17.1 Å². The van der Waals surface area contributed by atoms with Crippen LogP contribution in [-0.4, -0.2) is 29.3 Å². The third-order valence-corrected chi connectivity index (χ3v) is 4.36. The van der Waals surface area contributed by atoms with Gasteiger partial charge in [0.05, 0.1) is 12.5 Å². The third kappa shape index (κ3) is 4.28. The molecular formula is C15H20BrN3O2. The molecule has 0 radical (unpaired) electrons. The molecule has 0 bridgehead atoms. The maximum absolute atomic E-state index is 12.6. The van der Waals surface area contributed by atoms with Crippen LogP contribution in [0.2, 0.25) is 0 Å². The Morgan fingerprint density at radius 1 is 1.24 bits per heavy atom. The lowest BCUT2D eigenvalue weighted by Gasteiger charge is -2.26. The first kappa shape index (κ1) is 16.0. The zero-order chi connectivity index (χ0) is 15.4. The standard InChI is InChI=1S/C15H20BrN3O2/c16-11-6-4-10(5-7-11)8-19(9-14(18)20)15(21)12-2-1-3-13(12)17/h4-7,12-13H,1-3,8-9,17H2,(H2,18,20). The molecule has 0 heterocycles. The molecule has 21 heavy (non-hydrogen) atoms. The van der Waals surface area contributed by atoms with Gasteiger partial charge in [-0.15, -0.1) is 0 Å². The second-order valence-corrected chi connectivity index (χ2v) is 6.40. The van der Waals surface area contributed by atoms with Crippen LogP contribution in [0, 0.1) is 5.92 Å². The smallest absolute Gasteiger partial charge is 0.237 e. The molecule has 0 aromatic heterocycles. The van der Waals surface area contributed by atoms with Crippen molar-refractivity contribution in [3.8, 4) is 0 Å². The van der Waals surface area contributed by atoms with Crippen LogP contribution in [0.15, 0.2) is 28.7 Å². The van der Waals surface area contributed by atoms with Crippen molar-refractivity contribution in [2.75, 3.05) is 6.54 Å². The Hall–Kier alpha value is -1.40. The van der Waals surface area contributed by atoms with E-state index in [-0.39, 0.29) is 24.4 Å². The van der Waals surface area contributed by atoms with Gasteiger partial charge >= 0.3 is 0 Å².